The predicted octanol–water partition coefficient (Wildman–Crippen LogP) is 4.00. The predicted molar refractivity (Wildman–Crippen MR) is 80.0 cm³/mol. The third-order valence-electron chi connectivity index (χ3n) is 4.90. The molecule has 0 saturated heterocycles. The molecule has 0 aliphatic heterocycles. The van der Waals surface area contributed by atoms with Crippen LogP contribution < -0.4 is 5.32 Å². The topological polar surface area (TPSA) is 29.1 Å². The molecular formula is C16H20BrNO. The average molecular weight is 322 g/mol. The van der Waals surface area contributed by atoms with E-state index in [2.05, 4.69) is 28.2 Å². The van der Waals surface area contributed by atoms with E-state index in [0.717, 1.165) is 21.9 Å². The van der Waals surface area contributed by atoms with Gasteiger partial charge in [0.1, 0.15) is 0 Å². The molecule has 4 atom stereocenters. The van der Waals surface area contributed by atoms with Gasteiger partial charge in [0.15, 0.2) is 0 Å². The first-order valence-corrected chi connectivity index (χ1v) is 7.99. The minimum absolute atomic E-state index is 0.0581. The second kappa shape index (κ2) is 5.28. The van der Waals surface area contributed by atoms with E-state index in [1.54, 1.807) is 0 Å². The number of carbonyl (C=O) groups is 1. The van der Waals surface area contributed by atoms with Crippen LogP contribution in [0.5, 0.6) is 0 Å². The number of carbonyl (C=O) groups excluding carboxylic acids is 1. The van der Waals surface area contributed by atoms with Gasteiger partial charge in [-0.05, 0) is 68.2 Å². The summed E-state index contributed by atoms with van der Waals surface area (Å²) in [5, 5.41) is 3.19. The minimum atomic E-state index is 0.0581. The van der Waals surface area contributed by atoms with Crippen molar-refractivity contribution < 1.29 is 4.79 Å². The van der Waals surface area contributed by atoms with Crippen molar-refractivity contribution in [1.82, 2.24) is 5.32 Å². The molecule has 1 aromatic carbocycles. The number of rotatable bonds is 3. The van der Waals surface area contributed by atoms with Crippen molar-refractivity contribution in [2.24, 2.45) is 17.8 Å². The minimum Gasteiger partial charge on any atom is -0.349 e. The molecule has 1 amide bonds. The Bertz CT molecular complexity index is 470. The lowest BCUT2D eigenvalue weighted by Crippen LogP contribution is -2.40. The van der Waals surface area contributed by atoms with Gasteiger partial charge in [0.2, 0.25) is 0 Å². The van der Waals surface area contributed by atoms with E-state index in [4.69, 9.17) is 0 Å². The van der Waals surface area contributed by atoms with Crippen molar-refractivity contribution in [1.29, 1.82) is 0 Å². The Hall–Kier alpha value is -0.830. The van der Waals surface area contributed by atoms with Gasteiger partial charge in [0, 0.05) is 16.1 Å². The van der Waals surface area contributed by atoms with Crippen molar-refractivity contribution in [3.8, 4) is 0 Å². The molecule has 0 radical (unpaired) electrons. The molecule has 0 heterocycles. The Balaban J connectivity index is 1.61. The molecule has 2 bridgehead atoms. The molecule has 0 aromatic heterocycles. The monoisotopic (exact) mass is 321 g/mol. The summed E-state index contributed by atoms with van der Waals surface area (Å²) in [5.74, 6) is 2.54. The first kappa shape index (κ1) is 13.2. The van der Waals surface area contributed by atoms with Crippen molar-refractivity contribution >= 4 is 21.8 Å². The number of fused-ring (bicyclic) bond motifs is 2. The zero-order chi connectivity index (χ0) is 13.4. The van der Waals surface area contributed by atoms with Crippen molar-refractivity contribution in [3.63, 3.8) is 0 Å². The second-order valence-corrected chi connectivity index (χ2v) is 7.02. The fraction of sp³-hybridized carbons (Fsp3) is 0.562. The van der Waals surface area contributed by atoms with Crippen LogP contribution in [-0.2, 0) is 0 Å². The van der Waals surface area contributed by atoms with Crippen LogP contribution in [-0.4, -0.2) is 11.9 Å². The lowest BCUT2D eigenvalue weighted by atomic mass is 9.84. The van der Waals surface area contributed by atoms with Crippen molar-refractivity contribution in [2.45, 2.75) is 38.6 Å². The molecule has 0 spiro atoms. The first-order valence-electron chi connectivity index (χ1n) is 7.20. The lowest BCUT2D eigenvalue weighted by molar-refractivity contribution is 0.0915. The maximum Gasteiger partial charge on any atom is 0.251 e. The van der Waals surface area contributed by atoms with E-state index in [1.165, 1.54) is 25.7 Å². The molecule has 19 heavy (non-hydrogen) atoms. The summed E-state index contributed by atoms with van der Waals surface area (Å²) < 4.78 is 1.00. The van der Waals surface area contributed by atoms with Crippen LogP contribution in [0.15, 0.2) is 28.7 Å². The second-order valence-electron chi connectivity index (χ2n) is 6.11. The maximum absolute atomic E-state index is 12.2. The van der Waals surface area contributed by atoms with Crippen molar-refractivity contribution in [2.75, 3.05) is 0 Å². The molecule has 3 heteroatoms. The molecule has 1 N–H and O–H groups in total. The first-order chi connectivity index (χ1) is 9.13. The van der Waals surface area contributed by atoms with E-state index >= 15 is 0 Å². The number of benzene rings is 1. The summed E-state index contributed by atoms with van der Waals surface area (Å²) in [6.45, 7) is 2.17. The Morgan fingerprint density at radius 2 is 2.00 bits per heavy atom. The van der Waals surface area contributed by atoms with E-state index in [0.29, 0.717) is 12.0 Å². The average Bonchev–Trinajstić information content (AvgIpc) is 3.01. The Morgan fingerprint density at radius 1 is 1.26 bits per heavy atom. The fourth-order valence-corrected chi connectivity index (χ4v) is 4.17. The maximum atomic E-state index is 12.2. The summed E-state index contributed by atoms with van der Waals surface area (Å²) in [7, 11) is 0. The molecule has 0 unspecified atom stereocenters. The van der Waals surface area contributed by atoms with Crippen LogP contribution in [0.4, 0.5) is 0 Å². The molecule has 2 aliphatic rings. The number of hydrogen-bond donors (Lipinski definition) is 1. The van der Waals surface area contributed by atoms with Gasteiger partial charge < -0.3 is 5.32 Å². The van der Waals surface area contributed by atoms with E-state index in [1.807, 2.05) is 24.3 Å². The summed E-state index contributed by atoms with van der Waals surface area (Å²) in [6, 6.07) is 7.86. The van der Waals surface area contributed by atoms with E-state index in [9.17, 15) is 4.79 Å². The van der Waals surface area contributed by atoms with Gasteiger partial charge in [0.25, 0.3) is 5.91 Å². The van der Waals surface area contributed by atoms with Crippen LogP contribution in [0.25, 0.3) is 0 Å². The fourth-order valence-electron chi connectivity index (χ4n) is 3.90. The molecule has 3 rings (SSSR count). The number of nitrogens with one attached hydrogen (secondary N) is 1. The quantitative estimate of drug-likeness (QED) is 0.895. The molecule has 2 nitrogen and oxygen atoms in total. The lowest BCUT2D eigenvalue weighted by Gasteiger charge is -2.28. The Labute approximate surface area is 123 Å². The van der Waals surface area contributed by atoms with Crippen molar-refractivity contribution in [3.05, 3.63) is 34.3 Å². The van der Waals surface area contributed by atoms with Crippen LogP contribution in [0.1, 0.15) is 43.0 Å². The normalized spacial score (nSPS) is 30.3. The summed E-state index contributed by atoms with van der Waals surface area (Å²) >= 11 is 3.39. The zero-order valence-electron chi connectivity index (χ0n) is 11.2. The largest absolute Gasteiger partial charge is 0.349 e. The summed E-state index contributed by atoms with van der Waals surface area (Å²) in [6.07, 6.45) is 5.48. The number of halogens is 1. The van der Waals surface area contributed by atoms with Gasteiger partial charge in [-0.25, -0.2) is 0 Å². The highest BCUT2D eigenvalue weighted by Crippen LogP contribution is 2.49. The molecule has 2 fully saturated rings. The SMILES string of the molecule is C[C@H](NC(=O)c1ccc(Br)cc1)[C@@H]1C[C@H]2CC[C@H]1C2. The van der Waals surface area contributed by atoms with Crippen LogP contribution >= 0.6 is 15.9 Å². The van der Waals surface area contributed by atoms with Gasteiger partial charge >= 0.3 is 0 Å². The van der Waals surface area contributed by atoms with Gasteiger partial charge in [0.05, 0.1) is 0 Å². The molecular weight excluding hydrogens is 302 g/mol. The highest BCUT2D eigenvalue weighted by atomic mass is 79.9. The van der Waals surface area contributed by atoms with Crippen LogP contribution in [0.3, 0.4) is 0 Å². The number of hydrogen-bond acceptors (Lipinski definition) is 1. The zero-order valence-corrected chi connectivity index (χ0v) is 12.8. The standard InChI is InChI=1S/C16H20BrNO/c1-10(15-9-11-2-3-13(15)8-11)18-16(19)12-4-6-14(17)7-5-12/h4-7,10-11,13,15H,2-3,8-9H2,1H3,(H,18,19)/t10-,11-,13-,15-/m0/s1. The highest BCUT2D eigenvalue weighted by Gasteiger charge is 2.42. The van der Waals surface area contributed by atoms with Crippen LogP contribution in [0.2, 0.25) is 0 Å². The third kappa shape index (κ3) is 2.71. The van der Waals surface area contributed by atoms with Gasteiger partial charge in [-0.2, -0.15) is 0 Å². The smallest absolute Gasteiger partial charge is 0.251 e. The van der Waals surface area contributed by atoms with Crippen LogP contribution in [0, 0.1) is 17.8 Å². The molecule has 102 valence electrons. The van der Waals surface area contributed by atoms with E-state index in [-0.39, 0.29) is 5.91 Å². The highest BCUT2D eigenvalue weighted by molar-refractivity contribution is 9.10. The third-order valence-corrected chi connectivity index (χ3v) is 5.43. The molecule has 2 saturated carbocycles. The Morgan fingerprint density at radius 3 is 2.58 bits per heavy atom. The van der Waals surface area contributed by atoms with Gasteiger partial charge in [-0.1, -0.05) is 22.4 Å². The number of amides is 1. The summed E-state index contributed by atoms with van der Waals surface area (Å²) in [5.41, 5.74) is 0.748. The molecule has 1 aromatic rings. The summed E-state index contributed by atoms with van der Waals surface area (Å²) in [4.78, 5) is 12.2. The van der Waals surface area contributed by atoms with E-state index < -0.39 is 0 Å². The van der Waals surface area contributed by atoms with Gasteiger partial charge in [-0.15, -0.1) is 0 Å². The molecule has 2 aliphatic carbocycles. The Kier molecular flexibility index (Phi) is 3.66. The van der Waals surface area contributed by atoms with Gasteiger partial charge in [-0.3, -0.25) is 4.79 Å².